The molecule has 41 heavy (non-hydrogen) atoms. The van der Waals surface area contributed by atoms with Crippen LogP contribution in [-0.4, -0.2) is 87.6 Å². The van der Waals surface area contributed by atoms with Crippen LogP contribution >= 0.6 is 0 Å². The van der Waals surface area contributed by atoms with Crippen molar-refractivity contribution in [3.63, 3.8) is 0 Å². The maximum Gasteiger partial charge on any atom is 0.186 e. The Morgan fingerprint density at radius 3 is 2.51 bits per heavy atom. The SMILES string of the molecule is C[C@H]1CC[C@H]([C@@H](C)[C@H]2[C@H](O)C[C@H]3[C@@H]4CC=C5C[C@H](O[C@@H]6O[C@H](CO)[C@H](O)[C@H](O)[C@H]6O)CC[C@]5(C)[C@H]4CC[C@]23C)NC1. The molecule has 0 bridgehead atoms. The number of hydrogen-bond acceptors (Lipinski definition) is 8. The summed E-state index contributed by atoms with van der Waals surface area (Å²) in [6.45, 7) is 10.3. The Hall–Kier alpha value is -0.580. The van der Waals surface area contributed by atoms with Crippen LogP contribution in [0.2, 0.25) is 0 Å². The Morgan fingerprint density at radius 2 is 1.80 bits per heavy atom. The average Bonchev–Trinajstić information content (AvgIpc) is 3.23. The highest BCUT2D eigenvalue weighted by atomic mass is 16.7. The molecule has 16 atom stereocenters. The third kappa shape index (κ3) is 5.06. The maximum atomic E-state index is 11.6. The lowest BCUT2D eigenvalue weighted by Crippen LogP contribution is -2.60. The zero-order chi connectivity index (χ0) is 29.3. The second-order valence-corrected chi connectivity index (χ2v) is 15.4. The average molecular weight is 578 g/mol. The molecule has 4 aliphatic carbocycles. The van der Waals surface area contributed by atoms with Gasteiger partial charge < -0.3 is 40.3 Å². The number of allylic oxidation sites excluding steroid dienone is 1. The second-order valence-electron chi connectivity index (χ2n) is 15.4. The van der Waals surface area contributed by atoms with E-state index in [-0.39, 0.29) is 23.0 Å². The number of aliphatic hydroxyl groups is 5. The molecule has 6 rings (SSSR count). The smallest absolute Gasteiger partial charge is 0.186 e. The molecular formula is C33H55NO7. The summed E-state index contributed by atoms with van der Waals surface area (Å²) in [5.74, 6) is 3.31. The van der Waals surface area contributed by atoms with Gasteiger partial charge in [-0.3, -0.25) is 0 Å². The van der Waals surface area contributed by atoms with Crippen molar-refractivity contribution in [3.05, 3.63) is 11.6 Å². The van der Waals surface area contributed by atoms with Crippen molar-refractivity contribution in [2.75, 3.05) is 13.2 Å². The molecule has 0 radical (unpaired) electrons. The highest BCUT2D eigenvalue weighted by molar-refractivity contribution is 5.26. The molecule has 5 fully saturated rings. The van der Waals surface area contributed by atoms with Crippen LogP contribution in [0.4, 0.5) is 0 Å². The minimum Gasteiger partial charge on any atom is -0.394 e. The van der Waals surface area contributed by atoms with Crippen LogP contribution in [0.15, 0.2) is 11.6 Å². The van der Waals surface area contributed by atoms with Gasteiger partial charge in [-0.05, 0) is 111 Å². The quantitative estimate of drug-likeness (QED) is 0.275. The van der Waals surface area contributed by atoms with Crippen molar-refractivity contribution < 1.29 is 35.0 Å². The molecule has 0 unspecified atom stereocenters. The molecule has 8 heteroatoms. The van der Waals surface area contributed by atoms with Crippen LogP contribution in [0.25, 0.3) is 0 Å². The number of ether oxygens (including phenoxy) is 2. The molecule has 0 spiro atoms. The largest absolute Gasteiger partial charge is 0.394 e. The zero-order valence-electron chi connectivity index (χ0n) is 25.5. The lowest BCUT2D eigenvalue weighted by atomic mass is 9.47. The van der Waals surface area contributed by atoms with Gasteiger partial charge in [0.15, 0.2) is 6.29 Å². The second kappa shape index (κ2) is 11.4. The van der Waals surface area contributed by atoms with Crippen LogP contribution in [0.1, 0.15) is 85.5 Å². The summed E-state index contributed by atoms with van der Waals surface area (Å²) >= 11 is 0. The summed E-state index contributed by atoms with van der Waals surface area (Å²) in [5.41, 5.74) is 1.72. The summed E-state index contributed by atoms with van der Waals surface area (Å²) in [6, 6.07) is 0.508. The van der Waals surface area contributed by atoms with Crippen molar-refractivity contribution in [1.29, 1.82) is 0 Å². The molecule has 3 saturated carbocycles. The molecule has 2 saturated heterocycles. The summed E-state index contributed by atoms with van der Waals surface area (Å²) in [6.07, 6.45) is 5.37. The number of aliphatic hydroxyl groups excluding tert-OH is 5. The Balaban J connectivity index is 1.15. The van der Waals surface area contributed by atoms with Crippen LogP contribution in [0.5, 0.6) is 0 Å². The van der Waals surface area contributed by atoms with Crippen LogP contribution in [0.3, 0.4) is 0 Å². The fourth-order valence-electron chi connectivity index (χ4n) is 10.8. The Kier molecular flexibility index (Phi) is 8.47. The van der Waals surface area contributed by atoms with Crippen molar-refractivity contribution in [3.8, 4) is 0 Å². The van der Waals surface area contributed by atoms with Gasteiger partial charge in [0.1, 0.15) is 24.4 Å². The molecule has 0 amide bonds. The van der Waals surface area contributed by atoms with Crippen molar-refractivity contribution in [2.45, 2.75) is 134 Å². The summed E-state index contributed by atoms with van der Waals surface area (Å²) in [5, 5.41) is 55.8. The van der Waals surface area contributed by atoms with Crippen molar-refractivity contribution >= 4 is 0 Å². The van der Waals surface area contributed by atoms with E-state index in [4.69, 9.17) is 9.47 Å². The van der Waals surface area contributed by atoms with E-state index in [0.717, 1.165) is 44.6 Å². The van der Waals surface area contributed by atoms with Crippen LogP contribution < -0.4 is 5.32 Å². The predicted molar refractivity (Wildman–Crippen MR) is 155 cm³/mol. The number of nitrogens with one attached hydrogen (secondary N) is 1. The molecule has 0 aromatic rings. The lowest BCUT2D eigenvalue weighted by molar-refractivity contribution is -0.313. The molecule has 0 aromatic carbocycles. The molecule has 2 heterocycles. The molecular weight excluding hydrogens is 522 g/mol. The van der Waals surface area contributed by atoms with Gasteiger partial charge in [0.05, 0.1) is 18.8 Å². The van der Waals surface area contributed by atoms with E-state index >= 15 is 0 Å². The molecule has 6 aliphatic rings. The molecule has 8 nitrogen and oxygen atoms in total. The Labute approximate surface area is 245 Å². The summed E-state index contributed by atoms with van der Waals surface area (Å²) in [4.78, 5) is 0. The molecule has 0 aromatic heterocycles. The molecule has 234 valence electrons. The molecule has 6 N–H and O–H groups in total. The third-order valence-electron chi connectivity index (χ3n) is 13.2. The van der Waals surface area contributed by atoms with E-state index in [1.165, 1.54) is 31.3 Å². The van der Waals surface area contributed by atoms with Gasteiger partial charge in [0, 0.05) is 6.04 Å². The maximum absolute atomic E-state index is 11.6. The monoisotopic (exact) mass is 577 g/mol. The molecule has 2 aliphatic heterocycles. The normalized spacial score (nSPS) is 54.5. The standard InChI is InChI=1S/C33H55NO7/c1-17-5-8-24(34-15-17)18(2)27-25(36)14-23-21-7-6-19-13-20(9-11-32(19,3)22(21)10-12-33(23,27)4)40-31-30(39)29(38)28(37)26(16-35)41-31/h6,17-18,20-31,34-39H,5,7-16H2,1-4H3/t17-,18+,20+,21+,22-,23-,24+,25+,26+,27-,28-,29-,30+,31+,32-,33-/m0/s1. The Bertz CT molecular complexity index is 967. The summed E-state index contributed by atoms with van der Waals surface area (Å²) < 4.78 is 11.8. The highest BCUT2D eigenvalue weighted by Crippen LogP contribution is 2.67. The van der Waals surface area contributed by atoms with Crippen molar-refractivity contribution in [1.82, 2.24) is 5.32 Å². The number of piperidine rings is 1. The van der Waals surface area contributed by atoms with E-state index in [2.05, 4.69) is 39.1 Å². The first-order valence-electron chi connectivity index (χ1n) is 16.5. The number of fused-ring (bicyclic) bond motifs is 5. The van der Waals surface area contributed by atoms with Gasteiger partial charge >= 0.3 is 0 Å². The van der Waals surface area contributed by atoms with E-state index in [0.29, 0.717) is 35.6 Å². The van der Waals surface area contributed by atoms with Gasteiger partial charge in [0.25, 0.3) is 0 Å². The first kappa shape index (κ1) is 30.4. The first-order valence-corrected chi connectivity index (χ1v) is 16.5. The van der Waals surface area contributed by atoms with E-state index < -0.39 is 37.3 Å². The number of rotatable bonds is 5. The van der Waals surface area contributed by atoms with Gasteiger partial charge in [0.2, 0.25) is 0 Å². The minimum atomic E-state index is -1.42. The Morgan fingerprint density at radius 1 is 1.02 bits per heavy atom. The van der Waals surface area contributed by atoms with E-state index in [1.807, 2.05) is 0 Å². The third-order valence-corrected chi connectivity index (χ3v) is 13.2. The fraction of sp³-hybridized carbons (Fsp3) is 0.939. The van der Waals surface area contributed by atoms with Crippen molar-refractivity contribution in [2.24, 2.45) is 46.3 Å². The minimum absolute atomic E-state index is 0.106. The zero-order valence-corrected chi connectivity index (χ0v) is 25.5. The summed E-state index contributed by atoms with van der Waals surface area (Å²) in [7, 11) is 0. The van der Waals surface area contributed by atoms with E-state index in [1.54, 1.807) is 0 Å². The van der Waals surface area contributed by atoms with E-state index in [9.17, 15) is 25.5 Å². The lowest BCUT2D eigenvalue weighted by Gasteiger charge is -2.58. The fourth-order valence-corrected chi connectivity index (χ4v) is 10.8. The van der Waals surface area contributed by atoms with Gasteiger partial charge in [-0.15, -0.1) is 0 Å². The predicted octanol–water partition coefficient (Wildman–Crippen LogP) is 2.75. The first-order chi connectivity index (χ1) is 19.5. The number of hydrogen-bond donors (Lipinski definition) is 6. The topological polar surface area (TPSA) is 132 Å². The van der Waals surface area contributed by atoms with Crippen LogP contribution in [0, 0.1) is 46.3 Å². The van der Waals surface area contributed by atoms with Gasteiger partial charge in [-0.25, -0.2) is 0 Å². The van der Waals surface area contributed by atoms with Gasteiger partial charge in [-0.1, -0.05) is 39.3 Å². The highest BCUT2D eigenvalue weighted by Gasteiger charge is 2.62. The van der Waals surface area contributed by atoms with Gasteiger partial charge in [-0.2, -0.15) is 0 Å². The van der Waals surface area contributed by atoms with Crippen LogP contribution in [-0.2, 0) is 9.47 Å².